The number of aromatic nitrogens is 3. The Balaban J connectivity index is 1.12. The van der Waals surface area contributed by atoms with Crippen LogP contribution in [0.25, 0.3) is 87.4 Å². The molecule has 0 fully saturated rings. The van der Waals surface area contributed by atoms with Gasteiger partial charge in [0.15, 0.2) is 17.5 Å². The fourth-order valence-corrected chi connectivity index (χ4v) is 7.38. The van der Waals surface area contributed by atoms with Gasteiger partial charge >= 0.3 is 0 Å². The van der Waals surface area contributed by atoms with E-state index in [-0.39, 0.29) is 0 Å². The lowest BCUT2D eigenvalue weighted by Gasteiger charge is -2.09. The zero-order valence-electron chi connectivity index (χ0n) is 25.3. The molecule has 0 atom stereocenters. The van der Waals surface area contributed by atoms with E-state index in [4.69, 9.17) is 15.0 Å². The molecule has 7 aromatic carbocycles. The van der Waals surface area contributed by atoms with Gasteiger partial charge in [0.2, 0.25) is 0 Å². The maximum atomic E-state index is 5.04. The lowest BCUT2D eigenvalue weighted by Crippen LogP contribution is -2.00. The molecule has 2 heterocycles. The molecule has 9 rings (SSSR count). The van der Waals surface area contributed by atoms with Gasteiger partial charge in [-0.05, 0) is 57.3 Å². The normalized spacial score (nSPS) is 11.4. The highest BCUT2D eigenvalue weighted by molar-refractivity contribution is 7.25. The number of fused-ring (bicyclic) bond motifs is 4. The van der Waals surface area contributed by atoms with Gasteiger partial charge in [0.25, 0.3) is 0 Å². The Kier molecular flexibility index (Phi) is 6.65. The smallest absolute Gasteiger partial charge is 0.164 e. The Morgan fingerprint density at radius 3 is 1.55 bits per heavy atom. The maximum absolute atomic E-state index is 5.04. The number of benzene rings is 7. The lowest BCUT2D eigenvalue weighted by atomic mass is 10.00. The van der Waals surface area contributed by atoms with Crippen LogP contribution in [0.5, 0.6) is 0 Å². The largest absolute Gasteiger partial charge is 0.208 e. The Morgan fingerprint density at radius 2 is 0.809 bits per heavy atom. The summed E-state index contributed by atoms with van der Waals surface area (Å²) in [5, 5.41) is 4.99. The third kappa shape index (κ3) is 5.15. The van der Waals surface area contributed by atoms with Gasteiger partial charge in [0, 0.05) is 36.9 Å². The first-order valence-corrected chi connectivity index (χ1v) is 16.5. The molecule has 0 saturated heterocycles. The zero-order valence-corrected chi connectivity index (χ0v) is 26.2. The number of hydrogen-bond acceptors (Lipinski definition) is 4. The van der Waals surface area contributed by atoms with E-state index in [0.717, 1.165) is 22.3 Å². The van der Waals surface area contributed by atoms with Crippen molar-refractivity contribution in [1.29, 1.82) is 0 Å². The minimum atomic E-state index is 0.655. The Bertz CT molecular complexity index is 2550. The molecule has 0 bridgehead atoms. The molecule has 47 heavy (non-hydrogen) atoms. The van der Waals surface area contributed by atoms with Crippen molar-refractivity contribution < 1.29 is 0 Å². The number of thiophene rings is 1. The van der Waals surface area contributed by atoms with Gasteiger partial charge in [-0.2, -0.15) is 0 Å². The summed E-state index contributed by atoms with van der Waals surface area (Å²) < 4.78 is 2.48. The van der Waals surface area contributed by atoms with Crippen LogP contribution in [-0.4, -0.2) is 15.0 Å². The van der Waals surface area contributed by atoms with E-state index in [2.05, 4.69) is 133 Å². The van der Waals surface area contributed by atoms with Crippen molar-refractivity contribution in [1.82, 2.24) is 15.0 Å². The molecular formula is C43H27N3S. The molecule has 0 radical (unpaired) electrons. The molecule has 0 spiro atoms. The Morgan fingerprint density at radius 1 is 0.298 bits per heavy atom. The van der Waals surface area contributed by atoms with Crippen LogP contribution in [0.1, 0.15) is 0 Å². The topological polar surface area (TPSA) is 38.7 Å². The van der Waals surface area contributed by atoms with E-state index in [1.165, 1.54) is 47.6 Å². The summed E-state index contributed by atoms with van der Waals surface area (Å²) in [5.74, 6) is 1.98. The first kappa shape index (κ1) is 27.3. The summed E-state index contributed by atoms with van der Waals surface area (Å²) in [5.41, 5.74) is 7.67. The van der Waals surface area contributed by atoms with Crippen LogP contribution in [0, 0.1) is 0 Å². The summed E-state index contributed by atoms with van der Waals surface area (Å²) in [7, 11) is 0. The molecule has 0 N–H and O–H groups in total. The molecule has 2 aromatic heterocycles. The average Bonchev–Trinajstić information content (AvgIpc) is 3.52. The van der Waals surface area contributed by atoms with Gasteiger partial charge < -0.3 is 0 Å². The second kappa shape index (κ2) is 11.4. The standard InChI is InChI=1S/C43H27N3S/c1-3-9-28(10-4-1)35-22-24-39-38(26-35)37-23-21-36(27-40(37)47-39)43-45-41(31-12-5-2-6-13-31)44-42(46-43)32-18-15-30(16-19-32)34-20-17-29-11-7-8-14-33(29)25-34/h1-27H. The first-order valence-electron chi connectivity index (χ1n) is 15.7. The summed E-state index contributed by atoms with van der Waals surface area (Å²) in [4.78, 5) is 15.0. The molecule has 9 aromatic rings. The maximum Gasteiger partial charge on any atom is 0.164 e. The van der Waals surface area contributed by atoms with Crippen molar-refractivity contribution in [2.75, 3.05) is 0 Å². The van der Waals surface area contributed by atoms with Crippen molar-refractivity contribution in [2.24, 2.45) is 0 Å². The SMILES string of the molecule is c1ccc(-c2ccc3sc4cc(-c5nc(-c6ccccc6)nc(-c6ccc(-c7ccc8ccccc8c7)cc6)n5)ccc4c3c2)cc1. The van der Waals surface area contributed by atoms with Gasteiger partial charge in [-0.15, -0.1) is 11.3 Å². The van der Waals surface area contributed by atoms with Gasteiger partial charge in [0.1, 0.15) is 0 Å². The lowest BCUT2D eigenvalue weighted by molar-refractivity contribution is 1.07. The van der Waals surface area contributed by atoms with E-state index in [0.29, 0.717) is 17.5 Å². The minimum absolute atomic E-state index is 0.655. The van der Waals surface area contributed by atoms with Crippen molar-refractivity contribution in [3.05, 3.63) is 164 Å². The molecule has 0 aliphatic rings. The van der Waals surface area contributed by atoms with Crippen LogP contribution in [0.2, 0.25) is 0 Å². The van der Waals surface area contributed by atoms with E-state index in [1.54, 1.807) is 11.3 Å². The summed E-state index contributed by atoms with van der Waals surface area (Å²) in [6, 6.07) is 57.6. The number of rotatable bonds is 5. The van der Waals surface area contributed by atoms with Gasteiger partial charge in [-0.3, -0.25) is 0 Å². The van der Waals surface area contributed by atoms with Gasteiger partial charge in [-0.25, -0.2) is 15.0 Å². The summed E-state index contributed by atoms with van der Waals surface area (Å²) in [6.45, 7) is 0. The monoisotopic (exact) mass is 617 g/mol. The van der Waals surface area contributed by atoms with E-state index >= 15 is 0 Å². The highest BCUT2D eigenvalue weighted by Crippen LogP contribution is 2.38. The van der Waals surface area contributed by atoms with Crippen LogP contribution >= 0.6 is 11.3 Å². The molecule has 0 unspecified atom stereocenters. The minimum Gasteiger partial charge on any atom is -0.208 e. The molecule has 0 saturated carbocycles. The molecule has 0 aliphatic heterocycles. The average molecular weight is 618 g/mol. The third-order valence-electron chi connectivity index (χ3n) is 8.73. The predicted octanol–water partition coefficient (Wildman–Crippen LogP) is 11.7. The van der Waals surface area contributed by atoms with Crippen LogP contribution in [-0.2, 0) is 0 Å². The Hall–Kier alpha value is -5.97. The van der Waals surface area contributed by atoms with Crippen molar-refractivity contribution in [2.45, 2.75) is 0 Å². The van der Waals surface area contributed by atoms with Gasteiger partial charge in [0.05, 0.1) is 0 Å². The second-order valence-corrected chi connectivity index (χ2v) is 12.8. The second-order valence-electron chi connectivity index (χ2n) is 11.7. The van der Waals surface area contributed by atoms with E-state index < -0.39 is 0 Å². The van der Waals surface area contributed by atoms with Crippen LogP contribution in [0.4, 0.5) is 0 Å². The van der Waals surface area contributed by atoms with Crippen molar-refractivity contribution in [3.8, 4) is 56.4 Å². The number of nitrogens with zero attached hydrogens (tertiary/aromatic N) is 3. The Labute approximate surface area is 276 Å². The molecular weight excluding hydrogens is 591 g/mol. The predicted molar refractivity (Wildman–Crippen MR) is 197 cm³/mol. The molecule has 220 valence electrons. The summed E-state index contributed by atoms with van der Waals surface area (Å²) in [6.07, 6.45) is 0. The van der Waals surface area contributed by atoms with Crippen molar-refractivity contribution >= 4 is 42.3 Å². The zero-order chi connectivity index (χ0) is 31.2. The quantitative estimate of drug-likeness (QED) is 0.193. The van der Waals surface area contributed by atoms with Crippen LogP contribution in [0.15, 0.2) is 164 Å². The van der Waals surface area contributed by atoms with E-state index in [9.17, 15) is 0 Å². The fraction of sp³-hybridized carbons (Fsp3) is 0. The highest BCUT2D eigenvalue weighted by Gasteiger charge is 2.15. The molecule has 4 heteroatoms. The molecule has 3 nitrogen and oxygen atoms in total. The van der Waals surface area contributed by atoms with Crippen LogP contribution in [0.3, 0.4) is 0 Å². The number of hydrogen-bond donors (Lipinski definition) is 0. The highest BCUT2D eigenvalue weighted by atomic mass is 32.1. The third-order valence-corrected chi connectivity index (χ3v) is 9.86. The molecule has 0 aliphatic carbocycles. The van der Waals surface area contributed by atoms with E-state index in [1.807, 2.05) is 30.3 Å². The fourth-order valence-electron chi connectivity index (χ4n) is 6.26. The molecule has 0 amide bonds. The van der Waals surface area contributed by atoms with Crippen LogP contribution < -0.4 is 0 Å². The van der Waals surface area contributed by atoms with Crippen molar-refractivity contribution in [3.63, 3.8) is 0 Å². The van der Waals surface area contributed by atoms with Gasteiger partial charge in [-0.1, -0.05) is 140 Å². The summed E-state index contributed by atoms with van der Waals surface area (Å²) >= 11 is 1.80. The first-order chi connectivity index (χ1) is 23.2.